The van der Waals surface area contributed by atoms with E-state index >= 15 is 0 Å². The number of nitrogens with zero attached hydrogens (tertiary/aromatic N) is 5. The minimum atomic E-state index is 0.990. The first-order valence-corrected chi connectivity index (χ1v) is 8.86. The summed E-state index contributed by atoms with van der Waals surface area (Å²) in [5.74, 6) is 2.05. The van der Waals surface area contributed by atoms with Gasteiger partial charge in [0.05, 0.1) is 0 Å². The number of aromatic nitrogens is 2. The predicted octanol–water partition coefficient (Wildman–Crippen LogP) is 3.04. The summed E-state index contributed by atoms with van der Waals surface area (Å²) in [7, 11) is 2.11. The molecule has 1 saturated heterocycles. The Labute approximate surface area is 144 Å². The van der Waals surface area contributed by atoms with Gasteiger partial charge < -0.3 is 14.7 Å². The molecule has 0 bridgehead atoms. The number of benzene rings is 1. The van der Waals surface area contributed by atoms with Crippen molar-refractivity contribution in [3.63, 3.8) is 0 Å². The maximum Gasteiger partial charge on any atom is 0.134 e. The van der Waals surface area contributed by atoms with Gasteiger partial charge in [0.1, 0.15) is 18.0 Å². The van der Waals surface area contributed by atoms with Crippen LogP contribution in [0, 0.1) is 0 Å². The van der Waals surface area contributed by atoms with E-state index < -0.39 is 0 Å². The van der Waals surface area contributed by atoms with Crippen LogP contribution in [-0.4, -0.2) is 49.7 Å². The van der Waals surface area contributed by atoms with Gasteiger partial charge in [0, 0.05) is 51.5 Å². The summed E-state index contributed by atoms with van der Waals surface area (Å²) in [5, 5.41) is 0. The summed E-state index contributed by atoms with van der Waals surface area (Å²) < 4.78 is 0. The Morgan fingerprint density at radius 2 is 1.71 bits per heavy atom. The lowest BCUT2D eigenvalue weighted by Gasteiger charge is -2.36. The fraction of sp³-hybridized carbons (Fsp3) is 0.474. The van der Waals surface area contributed by atoms with Gasteiger partial charge in [-0.2, -0.15) is 0 Å². The lowest BCUT2D eigenvalue weighted by Crippen LogP contribution is -2.46. The lowest BCUT2D eigenvalue weighted by molar-refractivity contribution is 0.646. The molecular weight excluding hydrogens is 298 g/mol. The molecule has 1 aliphatic rings. The molecule has 0 saturated carbocycles. The van der Waals surface area contributed by atoms with Gasteiger partial charge in [0.2, 0.25) is 0 Å². The molecule has 0 unspecified atom stereocenters. The normalized spacial score (nSPS) is 14.8. The molecule has 0 spiro atoms. The topological polar surface area (TPSA) is 35.5 Å². The van der Waals surface area contributed by atoms with E-state index in [-0.39, 0.29) is 0 Å². The third kappa shape index (κ3) is 3.96. The summed E-state index contributed by atoms with van der Waals surface area (Å²) in [6.07, 6.45) is 4.08. The van der Waals surface area contributed by atoms with Crippen LogP contribution in [0.5, 0.6) is 0 Å². The first kappa shape index (κ1) is 16.6. The minimum absolute atomic E-state index is 0.990. The number of piperazine rings is 1. The van der Waals surface area contributed by atoms with Gasteiger partial charge in [-0.15, -0.1) is 0 Å². The van der Waals surface area contributed by atoms with Gasteiger partial charge >= 0.3 is 0 Å². The molecule has 2 aromatic rings. The third-order valence-electron chi connectivity index (χ3n) is 4.60. The van der Waals surface area contributed by atoms with E-state index in [0.717, 1.165) is 44.4 Å². The summed E-state index contributed by atoms with van der Waals surface area (Å²) in [5.41, 5.74) is 1.31. The SMILES string of the molecule is CCCCN(C)c1cc(N2CCN(c3ccccc3)CC2)ncn1. The second-order valence-electron chi connectivity index (χ2n) is 6.32. The van der Waals surface area contributed by atoms with Gasteiger partial charge in [-0.3, -0.25) is 0 Å². The Kier molecular flexibility index (Phi) is 5.51. The van der Waals surface area contributed by atoms with Crippen molar-refractivity contribution in [3.8, 4) is 0 Å². The number of anilines is 3. The van der Waals surface area contributed by atoms with Crippen molar-refractivity contribution in [2.24, 2.45) is 0 Å². The number of unbranched alkanes of at least 4 members (excludes halogenated alkanes) is 1. The van der Waals surface area contributed by atoms with Crippen LogP contribution in [0.4, 0.5) is 17.3 Å². The van der Waals surface area contributed by atoms with E-state index in [1.807, 2.05) is 0 Å². The van der Waals surface area contributed by atoms with Crippen LogP contribution in [0.25, 0.3) is 0 Å². The van der Waals surface area contributed by atoms with E-state index in [2.05, 4.69) is 75.0 Å². The minimum Gasteiger partial charge on any atom is -0.368 e. The monoisotopic (exact) mass is 325 g/mol. The van der Waals surface area contributed by atoms with E-state index in [4.69, 9.17) is 0 Å². The summed E-state index contributed by atoms with van der Waals surface area (Å²) >= 11 is 0. The number of hydrogen-bond acceptors (Lipinski definition) is 5. The van der Waals surface area contributed by atoms with E-state index in [1.165, 1.54) is 18.5 Å². The molecular formula is C19H27N5. The standard InChI is InChI=1S/C19H27N5/c1-3-4-10-22(2)18-15-19(21-16-20-18)24-13-11-23(12-14-24)17-8-6-5-7-9-17/h5-9,15-16H,3-4,10-14H2,1-2H3. The Hall–Kier alpha value is -2.30. The third-order valence-corrected chi connectivity index (χ3v) is 4.60. The van der Waals surface area contributed by atoms with Crippen LogP contribution in [0.3, 0.4) is 0 Å². The lowest BCUT2D eigenvalue weighted by atomic mass is 10.2. The molecule has 0 N–H and O–H groups in total. The van der Waals surface area contributed by atoms with Crippen LogP contribution in [0.1, 0.15) is 19.8 Å². The highest BCUT2D eigenvalue weighted by Gasteiger charge is 2.19. The first-order valence-electron chi connectivity index (χ1n) is 8.86. The van der Waals surface area contributed by atoms with E-state index in [0.29, 0.717) is 0 Å². The van der Waals surface area contributed by atoms with Gasteiger partial charge in [-0.1, -0.05) is 31.5 Å². The van der Waals surface area contributed by atoms with Crippen LogP contribution in [-0.2, 0) is 0 Å². The Balaban J connectivity index is 1.62. The second kappa shape index (κ2) is 7.99. The summed E-state index contributed by atoms with van der Waals surface area (Å²) in [6.45, 7) is 7.28. The average molecular weight is 325 g/mol. The molecule has 1 fully saturated rings. The molecule has 1 aromatic carbocycles. The van der Waals surface area contributed by atoms with Crippen molar-refractivity contribution in [1.29, 1.82) is 0 Å². The maximum atomic E-state index is 4.49. The number of rotatable bonds is 6. The van der Waals surface area contributed by atoms with Crippen LogP contribution in [0.15, 0.2) is 42.7 Å². The summed E-state index contributed by atoms with van der Waals surface area (Å²) in [6, 6.07) is 12.8. The average Bonchev–Trinajstić information content (AvgIpc) is 2.67. The van der Waals surface area contributed by atoms with Crippen molar-refractivity contribution in [2.75, 3.05) is 54.5 Å². The van der Waals surface area contributed by atoms with Crippen molar-refractivity contribution in [2.45, 2.75) is 19.8 Å². The molecule has 1 aromatic heterocycles. The van der Waals surface area contributed by atoms with Crippen LogP contribution in [0.2, 0.25) is 0 Å². The van der Waals surface area contributed by atoms with Crippen molar-refractivity contribution < 1.29 is 0 Å². The molecule has 5 heteroatoms. The molecule has 128 valence electrons. The second-order valence-corrected chi connectivity index (χ2v) is 6.32. The number of para-hydroxylation sites is 1. The van der Waals surface area contributed by atoms with Gasteiger partial charge in [0.15, 0.2) is 0 Å². The molecule has 0 atom stereocenters. The molecule has 5 nitrogen and oxygen atoms in total. The highest BCUT2D eigenvalue weighted by Crippen LogP contribution is 2.21. The predicted molar refractivity (Wildman–Crippen MR) is 101 cm³/mol. The molecule has 0 amide bonds. The molecule has 1 aliphatic heterocycles. The van der Waals surface area contributed by atoms with Gasteiger partial charge in [0.25, 0.3) is 0 Å². The largest absolute Gasteiger partial charge is 0.368 e. The fourth-order valence-electron chi connectivity index (χ4n) is 3.06. The van der Waals surface area contributed by atoms with Crippen molar-refractivity contribution in [1.82, 2.24) is 9.97 Å². The first-order chi connectivity index (χ1) is 11.8. The molecule has 24 heavy (non-hydrogen) atoms. The molecule has 0 aliphatic carbocycles. The van der Waals surface area contributed by atoms with Crippen LogP contribution < -0.4 is 14.7 Å². The molecule has 2 heterocycles. The fourth-order valence-corrected chi connectivity index (χ4v) is 3.06. The number of hydrogen-bond donors (Lipinski definition) is 0. The van der Waals surface area contributed by atoms with Crippen LogP contribution >= 0.6 is 0 Å². The smallest absolute Gasteiger partial charge is 0.134 e. The molecule has 3 rings (SSSR count). The van der Waals surface area contributed by atoms with E-state index in [1.54, 1.807) is 6.33 Å². The molecule has 0 radical (unpaired) electrons. The highest BCUT2D eigenvalue weighted by molar-refractivity contribution is 5.52. The summed E-state index contributed by atoms with van der Waals surface area (Å²) in [4.78, 5) is 15.9. The Morgan fingerprint density at radius 3 is 2.42 bits per heavy atom. The van der Waals surface area contributed by atoms with Gasteiger partial charge in [-0.25, -0.2) is 9.97 Å². The quantitative estimate of drug-likeness (QED) is 0.816. The Bertz CT molecular complexity index is 623. The van der Waals surface area contributed by atoms with Crippen molar-refractivity contribution >= 4 is 17.3 Å². The maximum absolute atomic E-state index is 4.49. The van der Waals surface area contributed by atoms with Gasteiger partial charge in [-0.05, 0) is 18.6 Å². The highest BCUT2D eigenvalue weighted by atomic mass is 15.3. The zero-order valence-electron chi connectivity index (χ0n) is 14.7. The van der Waals surface area contributed by atoms with Crippen molar-refractivity contribution in [3.05, 3.63) is 42.7 Å². The van der Waals surface area contributed by atoms with E-state index in [9.17, 15) is 0 Å². The Morgan fingerprint density at radius 1 is 1.00 bits per heavy atom. The zero-order valence-corrected chi connectivity index (χ0v) is 14.7. The zero-order chi connectivity index (χ0) is 16.8.